The number of aliphatic hydroxyl groups excluding tert-OH is 1. The fourth-order valence-corrected chi connectivity index (χ4v) is 1.51. The van der Waals surface area contributed by atoms with Gasteiger partial charge >= 0.3 is 0 Å². The van der Waals surface area contributed by atoms with Gasteiger partial charge in [-0.3, -0.25) is 9.80 Å². The maximum atomic E-state index is 9.55. The van der Waals surface area contributed by atoms with Crippen LogP contribution in [-0.4, -0.2) is 53.9 Å². The van der Waals surface area contributed by atoms with Crippen LogP contribution < -0.4 is 0 Å². The van der Waals surface area contributed by atoms with Crippen molar-refractivity contribution in [2.24, 2.45) is 0 Å². The summed E-state index contributed by atoms with van der Waals surface area (Å²) in [6.45, 7) is 9.14. The number of likely N-dealkylation sites (N-methyl/N-ethyl adjacent to an activating group) is 2. The molecular formula is C8H18N2O. The molecular weight excluding hydrogens is 140 g/mol. The molecule has 0 amide bonds. The second kappa shape index (κ2) is 4.04. The van der Waals surface area contributed by atoms with Crippen molar-refractivity contribution >= 4 is 0 Å². The molecule has 0 radical (unpaired) electrons. The van der Waals surface area contributed by atoms with Crippen LogP contribution in [0.2, 0.25) is 0 Å². The highest BCUT2D eigenvalue weighted by Gasteiger charge is 2.22. The molecule has 66 valence electrons. The lowest BCUT2D eigenvalue weighted by molar-refractivity contribution is -0.0513. The Kier molecular flexibility index (Phi) is 3.30. The molecule has 1 N–H and O–H groups in total. The number of hydrogen-bond donors (Lipinski definition) is 1. The van der Waals surface area contributed by atoms with E-state index in [9.17, 15) is 5.11 Å². The Labute approximate surface area is 68.6 Å². The monoisotopic (exact) mass is 158 g/mol. The van der Waals surface area contributed by atoms with E-state index in [4.69, 9.17) is 0 Å². The number of aliphatic hydroxyl groups is 1. The summed E-state index contributed by atoms with van der Waals surface area (Å²) in [6.07, 6.45) is -0.242. The van der Waals surface area contributed by atoms with Crippen LogP contribution >= 0.6 is 0 Å². The highest BCUT2D eigenvalue weighted by atomic mass is 16.3. The molecule has 1 unspecified atom stereocenters. The van der Waals surface area contributed by atoms with Gasteiger partial charge in [0, 0.05) is 19.6 Å². The van der Waals surface area contributed by atoms with Crippen molar-refractivity contribution < 1.29 is 5.11 Å². The van der Waals surface area contributed by atoms with Gasteiger partial charge in [0.2, 0.25) is 0 Å². The van der Waals surface area contributed by atoms with Gasteiger partial charge in [0.05, 0.1) is 0 Å². The Morgan fingerprint density at radius 1 is 1.27 bits per heavy atom. The van der Waals surface area contributed by atoms with E-state index in [2.05, 4.69) is 23.6 Å². The molecule has 3 heteroatoms. The van der Waals surface area contributed by atoms with E-state index in [1.807, 2.05) is 0 Å². The van der Waals surface area contributed by atoms with Crippen LogP contribution in [-0.2, 0) is 0 Å². The molecule has 1 saturated heterocycles. The molecule has 11 heavy (non-hydrogen) atoms. The summed E-state index contributed by atoms with van der Waals surface area (Å²) in [4.78, 5) is 4.38. The summed E-state index contributed by atoms with van der Waals surface area (Å²) in [6, 6.07) is 0. The number of β-amino-alcohol motifs (C(OH)–C–C–N with tert-alkyl or cyclic N) is 1. The normalized spacial score (nSPS) is 29.2. The summed E-state index contributed by atoms with van der Waals surface area (Å²) in [5, 5.41) is 9.55. The maximum absolute atomic E-state index is 9.55. The second-order valence-electron chi connectivity index (χ2n) is 3.00. The van der Waals surface area contributed by atoms with Crippen LogP contribution in [0.4, 0.5) is 0 Å². The van der Waals surface area contributed by atoms with Crippen LogP contribution in [0.15, 0.2) is 0 Å². The smallest absolute Gasteiger partial charge is 0.120 e. The topological polar surface area (TPSA) is 26.7 Å². The van der Waals surface area contributed by atoms with E-state index in [0.29, 0.717) is 0 Å². The summed E-state index contributed by atoms with van der Waals surface area (Å²) in [7, 11) is 0. The average Bonchev–Trinajstić information content (AvgIpc) is 2.04. The Bertz CT molecular complexity index is 119. The van der Waals surface area contributed by atoms with Gasteiger partial charge in [0.15, 0.2) is 0 Å². The zero-order valence-electron chi connectivity index (χ0n) is 7.45. The average molecular weight is 158 g/mol. The van der Waals surface area contributed by atoms with Crippen molar-refractivity contribution in [1.82, 2.24) is 9.80 Å². The molecule has 1 aliphatic heterocycles. The first-order valence-electron chi connectivity index (χ1n) is 4.42. The molecule has 1 heterocycles. The molecule has 0 spiro atoms. The fraction of sp³-hybridized carbons (Fsp3) is 1.00. The summed E-state index contributed by atoms with van der Waals surface area (Å²) in [5.74, 6) is 0. The molecule has 0 aromatic rings. The third-order valence-corrected chi connectivity index (χ3v) is 2.40. The summed E-state index contributed by atoms with van der Waals surface area (Å²) < 4.78 is 0. The van der Waals surface area contributed by atoms with Crippen LogP contribution in [0, 0.1) is 0 Å². The first kappa shape index (κ1) is 8.97. The minimum atomic E-state index is -0.242. The zero-order chi connectivity index (χ0) is 8.27. The predicted octanol–water partition coefficient (Wildman–Crippen LogP) is -0.0378. The van der Waals surface area contributed by atoms with Crippen LogP contribution in [0.25, 0.3) is 0 Å². The van der Waals surface area contributed by atoms with Crippen molar-refractivity contribution in [2.45, 2.75) is 20.1 Å². The van der Waals surface area contributed by atoms with Gasteiger partial charge in [0.1, 0.15) is 6.23 Å². The lowest BCUT2D eigenvalue weighted by atomic mass is 10.3. The molecule has 0 saturated carbocycles. The third kappa shape index (κ3) is 2.15. The highest BCUT2D eigenvalue weighted by molar-refractivity contribution is 4.73. The van der Waals surface area contributed by atoms with Gasteiger partial charge in [-0.15, -0.1) is 0 Å². The SMILES string of the molecule is CCN1CCN(CC)C(O)C1. The first-order chi connectivity index (χ1) is 5.27. The Hall–Kier alpha value is -0.120. The Morgan fingerprint density at radius 2 is 2.00 bits per heavy atom. The standard InChI is InChI=1S/C8H18N2O/c1-3-9-5-6-10(4-2)8(11)7-9/h8,11H,3-7H2,1-2H3. The predicted molar refractivity (Wildman–Crippen MR) is 45.4 cm³/mol. The lowest BCUT2D eigenvalue weighted by Crippen LogP contribution is -2.52. The first-order valence-corrected chi connectivity index (χ1v) is 4.42. The molecule has 1 atom stereocenters. The van der Waals surface area contributed by atoms with Gasteiger partial charge < -0.3 is 5.11 Å². The van der Waals surface area contributed by atoms with Crippen molar-refractivity contribution in [3.8, 4) is 0 Å². The van der Waals surface area contributed by atoms with E-state index < -0.39 is 0 Å². The van der Waals surface area contributed by atoms with E-state index in [1.165, 1.54) is 0 Å². The molecule has 1 fully saturated rings. The van der Waals surface area contributed by atoms with Crippen molar-refractivity contribution in [3.63, 3.8) is 0 Å². The molecule has 1 aliphatic rings. The minimum Gasteiger partial charge on any atom is -0.377 e. The number of hydrogen-bond acceptors (Lipinski definition) is 3. The van der Waals surface area contributed by atoms with Gasteiger partial charge in [-0.2, -0.15) is 0 Å². The van der Waals surface area contributed by atoms with Gasteiger partial charge in [-0.1, -0.05) is 13.8 Å². The van der Waals surface area contributed by atoms with E-state index in [0.717, 1.165) is 32.7 Å². The van der Waals surface area contributed by atoms with Crippen molar-refractivity contribution in [3.05, 3.63) is 0 Å². The van der Waals surface area contributed by atoms with Crippen molar-refractivity contribution in [1.29, 1.82) is 0 Å². The Balaban J connectivity index is 2.34. The van der Waals surface area contributed by atoms with E-state index >= 15 is 0 Å². The number of piperazine rings is 1. The van der Waals surface area contributed by atoms with E-state index in [1.54, 1.807) is 0 Å². The van der Waals surface area contributed by atoms with Crippen LogP contribution in [0.3, 0.4) is 0 Å². The lowest BCUT2D eigenvalue weighted by Gasteiger charge is -2.37. The molecule has 1 rings (SSSR count). The zero-order valence-corrected chi connectivity index (χ0v) is 7.45. The second-order valence-corrected chi connectivity index (χ2v) is 3.00. The summed E-state index contributed by atoms with van der Waals surface area (Å²) >= 11 is 0. The van der Waals surface area contributed by atoms with E-state index in [-0.39, 0.29) is 6.23 Å². The van der Waals surface area contributed by atoms with Crippen LogP contribution in [0.1, 0.15) is 13.8 Å². The van der Waals surface area contributed by atoms with Crippen molar-refractivity contribution in [2.75, 3.05) is 32.7 Å². The maximum Gasteiger partial charge on any atom is 0.120 e. The van der Waals surface area contributed by atoms with Gasteiger partial charge in [-0.25, -0.2) is 0 Å². The Morgan fingerprint density at radius 3 is 2.45 bits per heavy atom. The molecule has 0 aromatic carbocycles. The minimum absolute atomic E-state index is 0.242. The third-order valence-electron chi connectivity index (χ3n) is 2.40. The molecule has 0 bridgehead atoms. The quantitative estimate of drug-likeness (QED) is 0.611. The summed E-state index contributed by atoms with van der Waals surface area (Å²) in [5.41, 5.74) is 0. The fourth-order valence-electron chi connectivity index (χ4n) is 1.51. The molecule has 0 aromatic heterocycles. The van der Waals surface area contributed by atoms with Crippen LogP contribution in [0.5, 0.6) is 0 Å². The molecule has 0 aliphatic carbocycles. The van der Waals surface area contributed by atoms with Gasteiger partial charge in [0.25, 0.3) is 0 Å². The highest BCUT2D eigenvalue weighted by Crippen LogP contribution is 2.05. The molecule has 3 nitrogen and oxygen atoms in total. The van der Waals surface area contributed by atoms with Gasteiger partial charge in [-0.05, 0) is 13.1 Å². The number of rotatable bonds is 2. The number of nitrogens with zero attached hydrogens (tertiary/aromatic N) is 2. The largest absolute Gasteiger partial charge is 0.377 e.